The Balaban J connectivity index is 1.99. The zero-order valence-corrected chi connectivity index (χ0v) is 11.4. The fraction of sp³-hybridized carbons (Fsp3) is 0.400. The highest BCUT2D eigenvalue weighted by Gasteiger charge is 2.10. The van der Waals surface area contributed by atoms with E-state index >= 15 is 0 Å². The van der Waals surface area contributed by atoms with Crippen LogP contribution in [0.1, 0.15) is 41.3 Å². The van der Waals surface area contributed by atoms with Crippen molar-refractivity contribution < 1.29 is 4.42 Å². The molecule has 3 heteroatoms. The van der Waals surface area contributed by atoms with Gasteiger partial charge in [-0.05, 0) is 38.8 Å². The summed E-state index contributed by atoms with van der Waals surface area (Å²) >= 11 is 0. The zero-order chi connectivity index (χ0) is 13.1. The molecule has 0 spiro atoms. The van der Waals surface area contributed by atoms with E-state index in [1.165, 1.54) is 16.7 Å². The summed E-state index contributed by atoms with van der Waals surface area (Å²) in [6.07, 6.45) is 1.75. The molecular formula is C15H20N2O. The van der Waals surface area contributed by atoms with E-state index in [9.17, 15) is 0 Å². The molecule has 1 atom stereocenters. The lowest BCUT2D eigenvalue weighted by Crippen LogP contribution is -2.18. The molecule has 0 fully saturated rings. The predicted molar refractivity (Wildman–Crippen MR) is 72.4 cm³/mol. The number of nitrogens with one attached hydrogen (secondary N) is 1. The van der Waals surface area contributed by atoms with Crippen LogP contribution in [-0.4, -0.2) is 4.98 Å². The normalized spacial score (nSPS) is 12.7. The molecule has 0 bridgehead atoms. The molecule has 18 heavy (non-hydrogen) atoms. The Hall–Kier alpha value is -1.61. The molecular weight excluding hydrogens is 224 g/mol. The van der Waals surface area contributed by atoms with Gasteiger partial charge in [0.25, 0.3) is 0 Å². The molecule has 2 aromatic rings. The van der Waals surface area contributed by atoms with Crippen LogP contribution in [0.3, 0.4) is 0 Å². The molecule has 0 aliphatic rings. The maximum Gasteiger partial charge on any atom is 0.211 e. The molecule has 2 rings (SSSR count). The van der Waals surface area contributed by atoms with Gasteiger partial charge in [0.05, 0.1) is 12.2 Å². The van der Waals surface area contributed by atoms with Crippen LogP contribution in [0.15, 0.2) is 28.8 Å². The molecule has 0 radical (unpaired) electrons. The second-order valence-electron chi connectivity index (χ2n) is 4.84. The third-order valence-electron chi connectivity index (χ3n) is 3.11. The number of aryl methyl sites for hydroxylation is 3. The molecule has 0 aliphatic heterocycles. The van der Waals surface area contributed by atoms with E-state index in [-0.39, 0.29) is 6.04 Å². The monoisotopic (exact) mass is 244 g/mol. The van der Waals surface area contributed by atoms with Gasteiger partial charge in [-0.1, -0.05) is 23.8 Å². The lowest BCUT2D eigenvalue weighted by atomic mass is 10.1. The van der Waals surface area contributed by atoms with Gasteiger partial charge in [0.2, 0.25) is 5.89 Å². The smallest absolute Gasteiger partial charge is 0.211 e. The Morgan fingerprint density at radius 3 is 2.67 bits per heavy atom. The largest absolute Gasteiger partial charge is 0.444 e. The van der Waals surface area contributed by atoms with Gasteiger partial charge in [-0.15, -0.1) is 0 Å². The van der Waals surface area contributed by atoms with E-state index in [4.69, 9.17) is 4.42 Å². The maximum absolute atomic E-state index is 5.51. The topological polar surface area (TPSA) is 38.1 Å². The van der Waals surface area contributed by atoms with Crippen molar-refractivity contribution in [1.29, 1.82) is 0 Å². The lowest BCUT2D eigenvalue weighted by molar-refractivity contribution is 0.402. The molecule has 1 unspecified atom stereocenters. The number of oxazole rings is 1. The summed E-state index contributed by atoms with van der Waals surface area (Å²) < 4.78 is 5.51. The van der Waals surface area contributed by atoms with E-state index in [0.717, 1.165) is 18.2 Å². The van der Waals surface area contributed by atoms with Crippen LogP contribution in [0, 0.1) is 20.8 Å². The summed E-state index contributed by atoms with van der Waals surface area (Å²) in [4.78, 5) is 4.24. The van der Waals surface area contributed by atoms with Crippen molar-refractivity contribution in [2.45, 2.75) is 40.3 Å². The van der Waals surface area contributed by atoms with Crippen molar-refractivity contribution in [3.05, 3.63) is 52.7 Å². The Morgan fingerprint density at radius 2 is 2.06 bits per heavy atom. The van der Waals surface area contributed by atoms with E-state index in [0.29, 0.717) is 0 Å². The van der Waals surface area contributed by atoms with Gasteiger partial charge in [0.1, 0.15) is 5.76 Å². The fourth-order valence-electron chi connectivity index (χ4n) is 1.97. The van der Waals surface area contributed by atoms with Crippen LogP contribution in [0.25, 0.3) is 0 Å². The van der Waals surface area contributed by atoms with E-state index in [1.807, 2.05) is 6.92 Å². The summed E-state index contributed by atoms with van der Waals surface area (Å²) in [6, 6.07) is 6.64. The van der Waals surface area contributed by atoms with Crippen LogP contribution >= 0.6 is 0 Å². The Morgan fingerprint density at radius 1 is 1.28 bits per heavy atom. The molecule has 0 amide bonds. The molecule has 96 valence electrons. The minimum absolute atomic E-state index is 0.124. The number of nitrogens with zero attached hydrogens (tertiary/aromatic N) is 1. The Bertz CT molecular complexity index is 531. The number of aromatic nitrogens is 1. The van der Waals surface area contributed by atoms with Gasteiger partial charge in [-0.25, -0.2) is 4.98 Å². The number of benzene rings is 1. The van der Waals surface area contributed by atoms with E-state index < -0.39 is 0 Å². The second kappa shape index (κ2) is 5.36. The molecule has 0 aliphatic carbocycles. The average Bonchev–Trinajstić information content (AvgIpc) is 2.74. The standard InChI is InChI=1S/C15H20N2O/c1-10-5-6-14(11(2)7-10)9-16-13(4)15-17-8-12(3)18-15/h5-8,13,16H,9H2,1-4H3. The van der Waals surface area contributed by atoms with Crippen LogP contribution < -0.4 is 5.32 Å². The van der Waals surface area contributed by atoms with Crippen molar-refractivity contribution in [2.75, 3.05) is 0 Å². The van der Waals surface area contributed by atoms with Gasteiger partial charge in [-0.3, -0.25) is 0 Å². The minimum atomic E-state index is 0.124. The molecule has 1 heterocycles. The third-order valence-corrected chi connectivity index (χ3v) is 3.11. The quantitative estimate of drug-likeness (QED) is 0.895. The van der Waals surface area contributed by atoms with Gasteiger partial charge >= 0.3 is 0 Å². The van der Waals surface area contributed by atoms with Crippen molar-refractivity contribution in [3.8, 4) is 0 Å². The number of rotatable bonds is 4. The van der Waals surface area contributed by atoms with Crippen molar-refractivity contribution >= 4 is 0 Å². The highest BCUT2D eigenvalue weighted by molar-refractivity contribution is 5.30. The highest BCUT2D eigenvalue weighted by atomic mass is 16.4. The zero-order valence-electron chi connectivity index (χ0n) is 11.4. The van der Waals surface area contributed by atoms with Crippen LogP contribution in [-0.2, 0) is 6.54 Å². The van der Waals surface area contributed by atoms with Gasteiger partial charge in [0.15, 0.2) is 0 Å². The van der Waals surface area contributed by atoms with Gasteiger partial charge in [-0.2, -0.15) is 0 Å². The van der Waals surface area contributed by atoms with Crippen LogP contribution in [0.4, 0.5) is 0 Å². The molecule has 1 aromatic carbocycles. The van der Waals surface area contributed by atoms with Crippen molar-refractivity contribution in [1.82, 2.24) is 10.3 Å². The molecule has 1 aromatic heterocycles. The minimum Gasteiger partial charge on any atom is -0.444 e. The average molecular weight is 244 g/mol. The molecule has 1 N–H and O–H groups in total. The maximum atomic E-state index is 5.51. The summed E-state index contributed by atoms with van der Waals surface area (Å²) in [5.41, 5.74) is 3.93. The van der Waals surface area contributed by atoms with E-state index in [1.54, 1.807) is 6.20 Å². The van der Waals surface area contributed by atoms with Crippen LogP contribution in [0.2, 0.25) is 0 Å². The molecule has 0 saturated heterocycles. The summed E-state index contributed by atoms with van der Waals surface area (Å²) in [5, 5.41) is 3.43. The third kappa shape index (κ3) is 2.99. The lowest BCUT2D eigenvalue weighted by Gasteiger charge is -2.12. The van der Waals surface area contributed by atoms with Crippen molar-refractivity contribution in [2.24, 2.45) is 0 Å². The second-order valence-corrected chi connectivity index (χ2v) is 4.84. The molecule has 3 nitrogen and oxygen atoms in total. The SMILES string of the molecule is Cc1ccc(CNC(C)c2ncc(C)o2)c(C)c1. The Kier molecular flexibility index (Phi) is 3.82. The highest BCUT2D eigenvalue weighted by Crippen LogP contribution is 2.15. The van der Waals surface area contributed by atoms with Crippen LogP contribution in [0.5, 0.6) is 0 Å². The first-order valence-corrected chi connectivity index (χ1v) is 6.28. The first-order valence-electron chi connectivity index (χ1n) is 6.28. The summed E-state index contributed by atoms with van der Waals surface area (Å²) in [5.74, 6) is 1.60. The van der Waals surface area contributed by atoms with Crippen molar-refractivity contribution in [3.63, 3.8) is 0 Å². The first-order chi connectivity index (χ1) is 8.56. The first kappa shape index (κ1) is 12.8. The predicted octanol–water partition coefficient (Wildman–Crippen LogP) is 3.45. The van der Waals surface area contributed by atoms with E-state index in [2.05, 4.69) is 49.3 Å². The Labute approximate surface area is 108 Å². The number of hydrogen-bond acceptors (Lipinski definition) is 3. The summed E-state index contributed by atoms with van der Waals surface area (Å²) in [6.45, 7) is 9.06. The van der Waals surface area contributed by atoms with Gasteiger partial charge in [0, 0.05) is 6.54 Å². The number of hydrogen-bond donors (Lipinski definition) is 1. The molecule has 0 saturated carbocycles. The van der Waals surface area contributed by atoms with Gasteiger partial charge < -0.3 is 9.73 Å². The summed E-state index contributed by atoms with van der Waals surface area (Å²) in [7, 11) is 0. The fourth-order valence-corrected chi connectivity index (χ4v) is 1.97.